The van der Waals surface area contributed by atoms with Crippen LogP contribution < -0.4 is 0 Å². The first-order valence-electron chi connectivity index (χ1n) is 9.40. The van der Waals surface area contributed by atoms with Crippen LogP contribution in [0.2, 0.25) is 0 Å². The zero-order chi connectivity index (χ0) is 15.7. The number of fused-ring (bicyclic) bond motifs is 5. The summed E-state index contributed by atoms with van der Waals surface area (Å²) in [5, 5.41) is 30.8. The van der Waals surface area contributed by atoms with Crippen LogP contribution in [0.3, 0.4) is 0 Å². The molecular formula is C19H32O3. The monoisotopic (exact) mass is 308 g/mol. The molecule has 4 rings (SSSR count). The van der Waals surface area contributed by atoms with E-state index < -0.39 is 12.2 Å². The molecule has 0 aromatic carbocycles. The summed E-state index contributed by atoms with van der Waals surface area (Å²) in [6.07, 6.45) is 7.49. The van der Waals surface area contributed by atoms with Gasteiger partial charge in [-0.05, 0) is 85.9 Å². The summed E-state index contributed by atoms with van der Waals surface area (Å²) >= 11 is 0. The fraction of sp³-hybridized carbons (Fsp3) is 1.00. The van der Waals surface area contributed by atoms with Crippen molar-refractivity contribution in [2.24, 2.45) is 34.5 Å². The second-order valence-electron chi connectivity index (χ2n) is 9.38. The lowest BCUT2D eigenvalue weighted by molar-refractivity contribution is -0.135. The molecule has 3 heteroatoms. The standard InChI is InChI=1S/C19H32O3/c1-18-7-5-12(20)9-11(18)3-4-13-14(18)6-8-19(2)15(13)10-16(21)17(19)22/h11-17,20-22H,3-10H2,1-2H3/t11-,12+,13+,14-,15-,16+,17-,18-,19-/m0/s1. The molecular weight excluding hydrogens is 276 g/mol. The average Bonchev–Trinajstić information content (AvgIpc) is 2.72. The maximum atomic E-state index is 10.5. The van der Waals surface area contributed by atoms with Crippen molar-refractivity contribution in [1.29, 1.82) is 0 Å². The third kappa shape index (κ3) is 1.91. The lowest BCUT2D eigenvalue weighted by Gasteiger charge is -2.60. The predicted molar refractivity (Wildman–Crippen MR) is 85.1 cm³/mol. The summed E-state index contributed by atoms with van der Waals surface area (Å²) in [4.78, 5) is 0. The largest absolute Gasteiger partial charge is 0.393 e. The summed E-state index contributed by atoms with van der Waals surface area (Å²) in [6, 6.07) is 0. The van der Waals surface area contributed by atoms with Gasteiger partial charge in [-0.3, -0.25) is 0 Å². The number of hydrogen-bond acceptors (Lipinski definition) is 3. The van der Waals surface area contributed by atoms with E-state index in [0.29, 0.717) is 23.2 Å². The molecule has 4 aliphatic rings. The van der Waals surface area contributed by atoms with Crippen molar-refractivity contribution in [3.8, 4) is 0 Å². The van der Waals surface area contributed by atoms with Crippen LogP contribution in [0.4, 0.5) is 0 Å². The third-order valence-electron chi connectivity index (χ3n) is 8.61. The van der Waals surface area contributed by atoms with Crippen molar-refractivity contribution in [2.45, 2.75) is 83.5 Å². The van der Waals surface area contributed by atoms with Gasteiger partial charge in [-0.2, -0.15) is 0 Å². The van der Waals surface area contributed by atoms with Gasteiger partial charge in [0, 0.05) is 0 Å². The molecule has 0 saturated heterocycles. The Hall–Kier alpha value is -0.120. The zero-order valence-corrected chi connectivity index (χ0v) is 14.0. The van der Waals surface area contributed by atoms with E-state index in [1.807, 2.05) is 0 Å². The molecule has 0 aliphatic heterocycles. The van der Waals surface area contributed by atoms with Gasteiger partial charge in [0.2, 0.25) is 0 Å². The maximum Gasteiger partial charge on any atom is 0.0855 e. The number of aliphatic hydroxyl groups is 3. The van der Waals surface area contributed by atoms with E-state index in [0.717, 1.165) is 38.0 Å². The van der Waals surface area contributed by atoms with E-state index in [1.54, 1.807) is 0 Å². The molecule has 0 unspecified atom stereocenters. The van der Waals surface area contributed by atoms with Crippen molar-refractivity contribution in [2.75, 3.05) is 0 Å². The van der Waals surface area contributed by atoms with E-state index in [4.69, 9.17) is 0 Å². The minimum Gasteiger partial charge on any atom is -0.393 e. The van der Waals surface area contributed by atoms with Gasteiger partial charge in [-0.25, -0.2) is 0 Å². The number of aliphatic hydroxyl groups excluding tert-OH is 3. The fourth-order valence-corrected chi connectivity index (χ4v) is 7.22. The molecule has 0 aromatic rings. The topological polar surface area (TPSA) is 60.7 Å². The van der Waals surface area contributed by atoms with Gasteiger partial charge in [-0.15, -0.1) is 0 Å². The van der Waals surface area contributed by atoms with Crippen LogP contribution in [0.25, 0.3) is 0 Å². The Labute approximate surface area is 134 Å². The summed E-state index contributed by atoms with van der Waals surface area (Å²) in [5.41, 5.74) is 0.305. The van der Waals surface area contributed by atoms with Gasteiger partial charge < -0.3 is 15.3 Å². The molecule has 22 heavy (non-hydrogen) atoms. The second kappa shape index (κ2) is 4.94. The molecule has 4 aliphatic carbocycles. The van der Waals surface area contributed by atoms with Crippen LogP contribution >= 0.6 is 0 Å². The van der Waals surface area contributed by atoms with Crippen molar-refractivity contribution in [3.63, 3.8) is 0 Å². The van der Waals surface area contributed by atoms with Crippen molar-refractivity contribution in [3.05, 3.63) is 0 Å². The van der Waals surface area contributed by atoms with Crippen LogP contribution in [-0.4, -0.2) is 33.6 Å². The highest BCUT2D eigenvalue weighted by Gasteiger charge is 2.61. The summed E-state index contributed by atoms with van der Waals surface area (Å²) in [6.45, 7) is 4.69. The Morgan fingerprint density at radius 1 is 0.773 bits per heavy atom. The number of hydrogen-bond donors (Lipinski definition) is 3. The van der Waals surface area contributed by atoms with E-state index >= 15 is 0 Å². The Bertz CT molecular complexity index is 452. The van der Waals surface area contributed by atoms with Crippen LogP contribution in [0.1, 0.15) is 65.2 Å². The minimum absolute atomic E-state index is 0.0715. The van der Waals surface area contributed by atoms with E-state index in [2.05, 4.69) is 13.8 Å². The van der Waals surface area contributed by atoms with Gasteiger partial charge in [0.05, 0.1) is 18.3 Å². The number of rotatable bonds is 0. The van der Waals surface area contributed by atoms with Crippen molar-refractivity contribution < 1.29 is 15.3 Å². The summed E-state index contributed by atoms with van der Waals surface area (Å²) < 4.78 is 0. The molecule has 9 atom stereocenters. The molecule has 126 valence electrons. The highest BCUT2D eigenvalue weighted by molar-refractivity contribution is 5.11. The fourth-order valence-electron chi connectivity index (χ4n) is 7.22. The SMILES string of the molecule is C[C@]12CC[C@@H](O)C[C@@H]1CC[C@@H]1[C@@H]2CC[C@]2(C)[C@@H](O)[C@H](O)C[C@@H]12. The third-order valence-corrected chi connectivity index (χ3v) is 8.61. The predicted octanol–water partition coefficient (Wildman–Crippen LogP) is 2.72. The molecule has 0 bridgehead atoms. The van der Waals surface area contributed by atoms with Gasteiger partial charge in [-0.1, -0.05) is 13.8 Å². The Morgan fingerprint density at radius 2 is 1.50 bits per heavy atom. The van der Waals surface area contributed by atoms with Crippen molar-refractivity contribution >= 4 is 0 Å². The Balaban J connectivity index is 1.63. The van der Waals surface area contributed by atoms with Crippen LogP contribution in [-0.2, 0) is 0 Å². The van der Waals surface area contributed by atoms with Crippen LogP contribution in [0.15, 0.2) is 0 Å². The van der Waals surface area contributed by atoms with Crippen molar-refractivity contribution in [1.82, 2.24) is 0 Å². The molecule has 4 fully saturated rings. The quantitative estimate of drug-likeness (QED) is 0.645. The molecule has 3 N–H and O–H groups in total. The van der Waals surface area contributed by atoms with E-state index in [-0.39, 0.29) is 11.5 Å². The molecule has 0 aromatic heterocycles. The lowest BCUT2D eigenvalue weighted by atomic mass is 9.45. The molecule has 0 radical (unpaired) electrons. The zero-order valence-electron chi connectivity index (χ0n) is 14.0. The molecule has 0 amide bonds. The van der Waals surface area contributed by atoms with E-state index in [9.17, 15) is 15.3 Å². The smallest absolute Gasteiger partial charge is 0.0855 e. The average molecular weight is 308 g/mol. The highest BCUT2D eigenvalue weighted by atomic mass is 16.3. The van der Waals surface area contributed by atoms with Gasteiger partial charge >= 0.3 is 0 Å². The lowest BCUT2D eigenvalue weighted by Crippen LogP contribution is -2.54. The first kappa shape index (κ1) is 15.4. The first-order valence-corrected chi connectivity index (χ1v) is 9.40. The molecule has 3 nitrogen and oxygen atoms in total. The summed E-state index contributed by atoms with van der Waals surface area (Å²) in [7, 11) is 0. The molecule has 4 saturated carbocycles. The maximum absolute atomic E-state index is 10.5. The van der Waals surface area contributed by atoms with Crippen LogP contribution in [0.5, 0.6) is 0 Å². The molecule has 0 spiro atoms. The normalized spacial score (nSPS) is 61.2. The minimum atomic E-state index is -0.530. The Kier molecular flexibility index (Phi) is 3.46. The van der Waals surface area contributed by atoms with Gasteiger partial charge in [0.25, 0.3) is 0 Å². The summed E-state index contributed by atoms with van der Waals surface area (Å²) in [5.74, 6) is 2.57. The van der Waals surface area contributed by atoms with Gasteiger partial charge in [0.15, 0.2) is 0 Å². The second-order valence-corrected chi connectivity index (χ2v) is 9.38. The molecule has 0 heterocycles. The highest BCUT2D eigenvalue weighted by Crippen LogP contribution is 2.66. The Morgan fingerprint density at radius 3 is 2.27 bits per heavy atom. The first-order chi connectivity index (χ1) is 10.4. The van der Waals surface area contributed by atoms with Crippen LogP contribution in [0, 0.1) is 34.5 Å². The van der Waals surface area contributed by atoms with Gasteiger partial charge in [0.1, 0.15) is 0 Å². The van der Waals surface area contributed by atoms with E-state index in [1.165, 1.54) is 19.3 Å².